The van der Waals surface area contributed by atoms with Gasteiger partial charge in [-0.2, -0.15) is 0 Å². The van der Waals surface area contributed by atoms with Gasteiger partial charge in [0.05, 0.1) is 18.8 Å². The van der Waals surface area contributed by atoms with E-state index in [-0.39, 0.29) is 0 Å². The summed E-state index contributed by atoms with van der Waals surface area (Å²) < 4.78 is 5.49. The topological polar surface area (TPSA) is 81.3 Å². The Kier molecular flexibility index (Phi) is 4.29. The molecule has 2 N–H and O–H groups in total. The van der Waals surface area contributed by atoms with E-state index in [1.165, 1.54) is 27.8 Å². The zero-order chi connectivity index (χ0) is 19.3. The molecule has 1 amide bonds. The predicted octanol–water partition coefficient (Wildman–Crippen LogP) is 2.85. The predicted molar refractivity (Wildman–Crippen MR) is 111 cm³/mol. The number of rotatable bonds is 3. The number of carbonyl (C=O) groups excluding carboxylic acids is 1. The summed E-state index contributed by atoms with van der Waals surface area (Å²) >= 11 is 1.78. The maximum absolute atomic E-state index is 11.6. The van der Waals surface area contributed by atoms with Gasteiger partial charge in [0.1, 0.15) is 4.83 Å². The van der Waals surface area contributed by atoms with Crippen molar-refractivity contribution >= 4 is 33.4 Å². The zero-order valence-electron chi connectivity index (χ0n) is 15.8. The average molecular weight is 395 g/mol. The Labute approximate surface area is 167 Å². The van der Waals surface area contributed by atoms with Crippen LogP contribution in [0.2, 0.25) is 0 Å². The van der Waals surface area contributed by atoms with E-state index in [0.717, 1.165) is 28.9 Å². The molecule has 7 heteroatoms. The lowest BCUT2D eigenvalue weighted by atomic mass is 10.0. The molecule has 0 radical (unpaired) electrons. The number of primary amides is 1. The maximum atomic E-state index is 11.6. The fraction of sp³-hybridized carbons (Fsp3) is 0.381. The van der Waals surface area contributed by atoms with Crippen LogP contribution in [0.1, 0.15) is 22.4 Å². The molecule has 0 saturated carbocycles. The molecule has 28 heavy (non-hydrogen) atoms. The standard InChI is InChI=1S/C21H22N4O2S/c1-12-5-7-13(8-6-12)18-17-14-3-2-4-16(14)28-20(17)24-21(23-18)25-9-10-27-15(11-25)19(22)26/h5-8,15H,2-4,9-11H2,1H3,(H2,22,26). The van der Waals surface area contributed by atoms with Crippen LogP contribution in [-0.4, -0.2) is 41.7 Å². The third-order valence-electron chi connectivity index (χ3n) is 5.54. The number of aromatic nitrogens is 2. The number of carbonyl (C=O) groups is 1. The molecule has 6 nitrogen and oxygen atoms in total. The highest BCUT2D eigenvalue weighted by Gasteiger charge is 2.29. The maximum Gasteiger partial charge on any atom is 0.248 e. The van der Waals surface area contributed by atoms with E-state index in [9.17, 15) is 4.79 Å². The van der Waals surface area contributed by atoms with Crippen molar-refractivity contribution in [3.63, 3.8) is 0 Å². The summed E-state index contributed by atoms with van der Waals surface area (Å²) in [4.78, 5) is 25.9. The molecule has 2 aliphatic rings. The first kappa shape index (κ1) is 17.6. The number of nitrogens with zero attached hydrogens (tertiary/aromatic N) is 3. The first-order valence-electron chi connectivity index (χ1n) is 9.65. The Morgan fingerprint density at radius 3 is 2.86 bits per heavy atom. The number of amides is 1. The van der Waals surface area contributed by atoms with Gasteiger partial charge in [0.2, 0.25) is 11.9 Å². The Morgan fingerprint density at radius 2 is 2.07 bits per heavy atom. The van der Waals surface area contributed by atoms with Crippen LogP contribution in [0.4, 0.5) is 5.95 Å². The van der Waals surface area contributed by atoms with Crippen molar-refractivity contribution in [1.82, 2.24) is 9.97 Å². The molecule has 0 bridgehead atoms. The van der Waals surface area contributed by atoms with Crippen LogP contribution < -0.4 is 10.6 Å². The van der Waals surface area contributed by atoms with Crippen LogP contribution in [0, 0.1) is 6.92 Å². The van der Waals surface area contributed by atoms with E-state index < -0.39 is 12.0 Å². The van der Waals surface area contributed by atoms with Crippen LogP contribution in [0.25, 0.3) is 21.5 Å². The highest BCUT2D eigenvalue weighted by Crippen LogP contribution is 2.41. The van der Waals surface area contributed by atoms with Gasteiger partial charge in [-0.05, 0) is 31.7 Å². The summed E-state index contributed by atoms with van der Waals surface area (Å²) in [5.41, 5.74) is 10.2. The van der Waals surface area contributed by atoms with E-state index in [2.05, 4.69) is 31.2 Å². The lowest BCUT2D eigenvalue weighted by molar-refractivity contribution is -0.130. The van der Waals surface area contributed by atoms with Gasteiger partial charge in [-0.3, -0.25) is 4.79 Å². The highest BCUT2D eigenvalue weighted by atomic mass is 32.1. The number of thiophene rings is 1. The highest BCUT2D eigenvalue weighted by molar-refractivity contribution is 7.19. The minimum atomic E-state index is -0.621. The van der Waals surface area contributed by atoms with Crippen LogP contribution in [0.5, 0.6) is 0 Å². The third kappa shape index (κ3) is 2.95. The molecule has 144 valence electrons. The molecule has 5 rings (SSSR count). The smallest absolute Gasteiger partial charge is 0.248 e. The second-order valence-corrected chi connectivity index (χ2v) is 8.57. The summed E-state index contributed by atoms with van der Waals surface area (Å²) in [5.74, 6) is 0.206. The van der Waals surface area contributed by atoms with Crippen molar-refractivity contribution in [2.75, 3.05) is 24.6 Å². The number of ether oxygens (including phenoxy) is 1. The monoisotopic (exact) mass is 394 g/mol. The third-order valence-corrected chi connectivity index (χ3v) is 6.73. The van der Waals surface area contributed by atoms with Crippen molar-refractivity contribution in [1.29, 1.82) is 0 Å². The molecule has 1 unspecified atom stereocenters. The number of anilines is 1. The van der Waals surface area contributed by atoms with Crippen molar-refractivity contribution in [2.24, 2.45) is 5.73 Å². The molecule has 3 aromatic rings. The quantitative estimate of drug-likeness (QED) is 0.739. The van der Waals surface area contributed by atoms with Gasteiger partial charge in [-0.1, -0.05) is 29.8 Å². The normalized spacial score (nSPS) is 19.2. The largest absolute Gasteiger partial charge is 0.367 e. The van der Waals surface area contributed by atoms with Gasteiger partial charge in [-0.15, -0.1) is 11.3 Å². The molecule has 1 aliphatic carbocycles. The van der Waals surface area contributed by atoms with Crippen LogP contribution in [0.15, 0.2) is 24.3 Å². The Morgan fingerprint density at radius 1 is 1.25 bits per heavy atom. The molecule has 1 aliphatic heterocycles. The number of aryl methyl sites for hydroxylation is 3. The number of hydrogen-bond donors (Lipinski definition) is 1. The van der Waals surface area contributed by atoms with Crippen molar-refractivity contribution < 1.29 is 9.53 Å². The Balaban J connectivity index is 1.65. The zero-order valence-corrected chi connectivity index (χ0v) is 16.6. The van der Waals surface area contributed by atoms with Gasteiger partial charge in [0.25, 0.3) is 0 Å². The van der Waals surface area contributed by atoms with Crippen LogP contribution in [0.3, 0.4) is 0 Å². The van der Waals surface area contributed by atoms with Gasteiger partial charge >= 0.3 is 0 Å². The van der Waals surface area contributed by atoms with Crippen LogP contribution in [-0.2, 0) is 22.4 Å². The van der Waals surface area contributed by atoms with Crippen molar-refractivity contribution in [2.45, 2.75) is 32.3 Å². The van der Waals surface area contributed by atoms with Crippen LogP contribution >= 0.6 is 11.3 Å². The lowest BCUT2D eigenvalue weighted by Crippen LogP contribution is -2.49. The van der Waals surface area contributed by atoms with E-state index in [4.69, 9.17) is 20.4 Å². The minimum Gasteiger partial charge on any atom is -0.367 e. The molecule has 1 aromatic carbocycles. The first-order chi connectivity index (χ1) is 13.6. The molecule has 1 atom stereocenters. The molecule has 0 spiro atoms. The van der Waals surface area contributed by atoms with E-state index in [0.29, 0.717) is 25.6 Å². The Hall–Kier alpha value is -2.51. The number of benzene rings is 1. The van der Waals surface area contributed by atoms with Crippen molar-refractivity contribution in [3.05, 3.63) is 40.3 Å². The molecular weight excluding hydrogens is 372 g/mol. The molecule has 1 saturated heterocycles. The summed E-state index contributed by atoms with van der Waals surface area (Å²) in [5, 5.41) is 1.20. The van der Waals surface area contributed by atoms with E-state index in [1.807, 2.05) is 4.90 Å². The molecule has 2 aromatic heterocycles. The average Bonchev–Trinajstić information content (AvgIpc) is 3.29. The summed E-state index contributed by atoms with van der Waals surface area (Å²) in [6.07, 6.45) is 2.80. The number of nitrogens with two attached hydrogens (primary N) is 1. The van der Waals surface area contributed by atoms with E-state index >= 15 is 0 Å². The number of fused-ring (bicyclic) bond motifs is 3. The molecule has 1 fully saturated rings. The number of hydrogen-bond acceptors (Lipinski definition) is 6. The van der Waals surface area contributed by atoms with Gasteiger partial charge in [-0.25, -0.2) is 9.97 Å². The number of morpholine rings is 1. The lowest BCUT2D eigenvalue weighted by Gasteiger charge is -2.31. The fourth-order valence-electron chi connectivity index (χ4n) is 4.05. The van der Waals surface area contributed by atoms with Gasteiger partial charge in [0.15, 0.2) is 6.10 Å². The second kappa shape index (κ2) is 6.83. The Bertz CT molecular complexity index is 1060. The van der Waals surface area contributed by atoms with Gasteiger partial charge < -0.3 is 15.4 Å². The molecule has 3 heterocycles. The van der Waals surface area contributed by atoms with Crippen molar-refractivity contribution in [3.8, 4) is 11.3 Å². The van der Waals surface area contributed by atoms with Gasteiger partial charge in [0, 0.05) is 22.4 Å². The summed E-state index contributed by atoms with van der Waals surface area (Å²) in [6.45, 7) is 3.56. The SMILES string of the molecule is Cc1ccc(-c2nc(N3CCOC(C(N)=O)C3)nc3sc4c(c23)CCC4)cc1. The van der Waals surface area contributed by atoms with E-state index in [1.54, 1.807) is 11.3 Å². The second-order valence-electron chi connectivity index (χ2n) is 7.48. The summed E-state index contributed by atoms with van der Waals surface area (Å²) in [6, 6.07) is 8.50. The minimum absolute atomic E-state index is 0.388. The molecular formula is C21H22N4O2S. The first-order valence-corrected chi connectivity index (χ1v) is 10.5. The summed E-state index contributed by atoms with van der Waals surface area (Å²) in [7, 11) is 0. The fourth-order valence-corrected chi connectivity index (χ4v) is 5.31.